The van der Waals surface area contributed by atoms with Gasteiger partial charge >= 0.3 is 0 Å². The second kappa shape index (κ2) is 11.3. The lowest BCUT2D eigenvalue weighted by Gasteiger charge is -2.32. The summed E-state index contributed by atoms with van der Waals surface area (Å²) >= 11 is 6.28. The summed E-state index contributed by atoms with van der Waals surface area (Å²) in [5, 5.41) is 2.91. The number of nitrogens with one attached hydrogen (secondary N) is 1. The number of rotatable bonds is 9. The van der Waals surface area contributed by atoms with Crippen molar-refractivity contribution in [2.75, 3.05) is 17.9 Å². The van der Waals surface area contributed by atoms with Crippen molar-refractivity contribution in [2.45, 2.75) is 24.4 Å². The lowest BCUT2D eigenvalue weighted by molar-refractivity contribution is -0.139. The van der Waals surface area contributed by atoms with Gasteiger partial charge in [-0.25, -0.2) is 12.8 Å². The van der Waals surface area contributed by atoms with Crippen molar-refractivity contribution in [1.82, 2.24) is 10.2 Å². The van der Waals surface area contributed by atoms with Gasteiger partial charge in [0.1, 0.15) is 18.4 Å². The molecule has 0 heterocycles. The third-order valence-corrected chi connectivity index (χ3v) is 7.59. The molecule has 3 rings (SSSR count). The normalized spacial score (nSPS) is 12.0. The Morgan fingerprint density at radius 3 is 2.17 bits per heavy atom. The van der Waals surface area contributed by atoms with Gasteiger partial charge < -0.3 is 10.2 Å². The molecule has 3 aromatic rings. The standard InChI is InChI=1S/C25H25ClFN3O4S/c1-18(25(32)28-2)29(16-19-8-6-7-11-23(19)26)24(31)17-30(21-14-12-20(27)13-15-21)35(33,34)22-9-4-3-5-10-22/h3-15,18H,16-17H2,1-2H3,(H,28,32). The predicted octanol–water partition coefficient (Wildman–Crippen LogP) is 3.84. The zero-order chi connectivity index (χ0) is 25.6. The van der Waals surface area contributed by atoms with Gasteiger partial charge in [0, 0.05) is 18.6 Å². The summed E-state index contributed by atoms with van der Waals surface area (Å²) in [6, 6.07) is 18.4. The third kappa shape index (κ3) is 6.17. The molecule has 0 aliphatic heterocycles. The molecule has 0 aromatic heterocycles. The Morgan fingerprint density at radius 2 is 1.57 bits per heavy atom. The summed E-state index contributed by atoms with van der Waals surface area (Å²) in [6.07, 6.45) is 0. The van der Waals surface area contributed by atoms with Crippen LogP contribution in [0.5, 0.6) is 0 Å². The van der Waals surface area contributed by atoms with E-state index in [1.165, 1.54) is 36.2 Å². The molecule has 0 saturated heterocycles. The Bertz CT molecular complexity index is 1290. The number of anilines is 1. The van der Waals surface area contributed by atoms with Crippen LogP contribution in [0.2, 0.25) is 5.02 Å². The van der Waals surface area contributed by atoms with E-state index in [-0.39, 0.29) is 17.1 Å². The molecule has 0 aliphatic rings. The quantitative estimate of drug-likeness (QED) is 0.467. The van der Waals surface area contributed by atoms with Crippen molar-refractivity contribution >= 4 is 39.1 Å². The van der Waals surface area contributed by atoms with Crippen molar-refractivity contribution in [3.63, 3.8) is 0 Å². The molecule has 184 valence electrons. The number of amides is 2. The van der Waals surface area contributed by atoms with Crippen LogP contribution in [0.3, 0.4) is 0 Å². The number of benzene rings is 3. The molecule has 1 atom stereocenters. The molecule has 0 saturated carbocycles. The van der Waals surface area contributed by atoms with Crippen molar-refractivity contribution in [3.05, 3.63) is 95.3 Å². The highest BCUT2D eigenvalue weighted by Crippen LogP contribution is 2.25. The summed E-state index contributed by atoms with van der Waals surface area (Å²) in [5.41, 5.74) is 0.700. The van der Waals surface area contributed by atoms with Crippen LogP contribution in [-0.2, 0) is 26.2 Å². The monoisotopic (exact) mass is 517 g/mol. The van der Waals surface area contributed by atoms with Crippen LogP contribution in [-0.4, -0.2) is 44.8 Å². The number of nitrogens with zero attached hydrogens (tertiary/aromatic N) is 2. The molecule has 1 unspecified atom stereocenters. The van der Waals surface area contributed by atoms with Gasteiger partial charge in [-0.1, -0.05) is 48.0 Å². The first kappa shape index (κ1) is 26.2. The highest BCUT2D eigenvalue weighted by atomic mass is 35.5. The summed E-state index contributed by atoms with van der Waals surface area (Å²) in [6.45, 7) is 0.909. The second-order valence-corrected chi connectivity index (χ2v) is 9.97. The molecule has 10 heteroatoms. The van der Waals surface area contributed by atoms with Gasteiger partial charge in [0.25, 0.3) is 10.0 Å². The SMILES string of the molecule is CNC(=O)C(C)N(Cc1ccccc1Cl)C(=O)CN(c1ccc(F)cc1)S(=O)(=O)c1ccccc1. The Kier molecular flexibility index (Phi) is 8.48. The minimum atomic E-state index is -4.19. The molecule has 0 bridgehead atoms. The Morgan fingerprint density at radius 1 is 0.971 bits per heavy atom. The first-order valence-electron chi connectivity index (χ1n) is 10.7. The number of carbonyl (C=O) groups excluding carboxylic acids is 2. The molecule has 7 nitrogen and oxygen atoms in total. The van der Waals surface area contributed by atoms with Gasteiger partial charge in [-0.05, 0) is 55.0 Å². The highest BCUT2D eigenvalue weighted by molar-refractivity contribution is 7.92. The van der Waals surface area contributed by atoms with Gasteiger partial charge in [0.15, 0.2) is 0 Å². The van der Waals surface area contributed by atoms with Crippen LogP contribution in [0, 0.1) is 5.82 Å². The summed E-state index contributed by atoms with van der Waals surface area (Å²) in [7, 11) is -2.75. The number of likely N-dealkylation sites (N-methyl/N-ethyl adjacent to an activating group) is 1. The van der Waals surface area contributed by atoms with Crippen molar-refractivity contribution in [2.24, 2.45) is 0 Å². The molecule has 0 aliphatic carbocycles. The van der Waals surface area contributed by atoms with E-state index >= 15 is 0 Å². The molecule has 0 radical (unpaired) electrons. The maximum absolute atomic E-state index is 13.6. The van der Waals surface area contributed by atoms with E-state index in [0.717, 1.165) is 16.4 Å². The number of carbonyl (C=O) groups is 2. The highest BCUT2D eigenvalue weighted by Gasteiger charge is 2.32. The fourth-order valence-electron chi connectivity index (χ4n) is 3.46. The summed E-state index contributed by atoms with van der Waals surface area (Å²) in [5.74, 6) is -1.61. The van der Waals surface area contributed by atoms with E-state index in [1.807, 2.05) is 0 Å². The van der Waals surface area contributed by atoms with Crippen LogP contribution in [0.25, 0.3) is 0 Å². The van der Waals surface area contributed by atoms with Gasteiger partial charge in [-0.15, -0.1) is 0 Å². The molecular formula is C25H25ClFN3O4S. The Balaban J connectivity index is 2.02. The second-order valence-electron chi connectivity index (χ2n) is 7.70. The van der Waals surface area contributed by atoms with Crippen LogP contribution >= 0.6 is 11.6 Å². The largest absolute Gasteiger partial charge is 0.357 e. The average molecular weight is 518 g/mol. The minimum Gasteiger partial charge on any atom is -0.357 e. The van der Waals surface area contributed by atoms with Crippen molar-refractivity contribution < 1.29 is 22.4 Å². The predicted molar refractivity (Wildman–Crippen MR) is 133 cm³/mol. The molecule has 0 spiro atoms. The lowest BCUT2D eigenvalue weighted by Crippen LogP contribution is -2.50. The van der Waals surface area contributed by atoms with Gasteiger partial charge in [-0.3, -0.25) is 13.9 Å². The minimum absolute atomic E-state index is 0.0181. The molecule has 2 amide bonds. The molecular weight excluding hydrogens is 493 g/mol. The lowest BCUT2D eigenvalue weighted by atomic mass is 10.1. The third-order valence-electron chi connectivity index (χ3n) is 5.44. The van der Waals surface area contributed by atoms with Crippen molar-refractivity contribution in [1.29, 1.82) is 0 Å². The summed E-state index contributed by atoms with van der Waals surface area (Å²) < 4.78 is 41.5. The van der Waals surface area contributed by atoms with E-state index < -0.39 is 40.2 Å². The Hall–Kier alpha value is -3.43. The van der Waals surface area contributed by atoms with Gasteiger partial charge in [0.05, 0.1) is 10.6 Å². The maximum atomic E-state index is 13.6. The number of halogens is 2. The number of hydrogen-bond acceptors (Lipinski definition) is 4. The first-order valence-corrected chi connectivity index (χ1v) is 12.5. The fraction of sp³-hybridized carbons (Fsp3) is 0.200. The summed E-state index contributed by atoms with van der Waals surface area (Å²) in [4.78, 5) is 27.2. The van der Waals surface area contributed by atoms with Crippen molar-refractivity contribution in [3.8, 4) is 0 Å². The zero-order valence-electron chi connectivity index (χ0n) is 19.2. The van der Waals surface area contributed by atoms with Gasteiger partial charge in [-0.2, -0.15) is 0 Å². The Labute approximate surface area is 209 Å². The topological polar surface area (TPSA) is 86.8 Å². The molecule has 35 heavy (non-hydrogen) atoms. The molecule has 1 N–H and O–H groups in total. The van der Waals surface area contributed by atoms with E-state index in [9.17, 15) is 22.4 Å². The molecule has 0 fully saturated rings. The van der Waals surface area contributed by atoms with E-state index in [0.29, 0.717) is 10.6 Å². The first-order chi connectivity index (χ1) is 16.6. The van der Waals surface area contributed by atoms with Crippen LogP contribution in [0.15, 0.2) is 83.8 Å². The number of hydrogen-bond donors (Lipinski definition) is 1. The van der Waals surface area contributed by atoms with E-state index in [2.05, 4.69) is 5.32 Å². The smallest absolute Gasteiger partial charge is 0.264 e. The van der Waals surface area contributed by atoms with Crippen LogP contribution in [0.4, 0.5) is 10.1 Å². The number of sulfonamides is 1. The van der Waals surface area contributed by atoms with E-state index in [1.54, 1.807) is 49.4 Å². The van der Waals surface area contributed by atoms with Crippen LogP contribution < -0.4 is 9.62 Å². The average Bonchev–Trinajstić information content (AvgIpc) is 2.86. The zero-order valence-corrected chi connectivity index (χ0v) is 20.8. The fourth-order valence-corrected chi connectivity index (χ4v) is 5.09. The van der Waals surface area contributed by atoms with Crippen LogP contribution in [0.1, 0.15) is 12.5 Å². The van der Waals surface area contributed by atoms with Gasteiger partial charge in [0.2, 0.25) is 11.8 Å². The maximum Gasteiger partial charge on any atom is 0.264 e. The van der Waals surface area contributed by atoms with E-state index in [4.69, 9.17) is 11.6 Å². The molecule has 3 aromatic carbocycles.